The van der Waals surface area contributed by atoms with Gasteiger partial charge in [0.05, 0.1) is 18.1 Å². The Labute approximate surface area is 205 Å². The Hall–Kier alpha value is -2.16. The number of carbonyl (C=O) groups is 4. The van der Waals surface area contributed by atoms with Gasteiger partial charge >= 0.3 is 23.9 Å². The van der Waals surface area contributed by atoms with Gasteiger partial charge in [-0.25, -0.2) is 0 Å². The third kappa shape index (κ3) is 21.7. The molecule has 0 rings (SSSR count). The van der Waals surface area contributed by atoms with Crippen molar-refractivity contribution in [2.75, 3.05) is 0 Å². The Morgan fingerprint density at radius 2 is 1.00 bits per heavy atom. The molecule has 0 heterocycles. The highest BCUT2D eigenvalue weighted by molar-refractivity contribution is 5.77. The van der Waals surface area contributed by atoms with E-state index in [9.17, 15) is 19.2 Å². The molecule has 9 heteroatoms. The van der Waals surface area contributed by atoms with E-state index in [0.29, 0.717) is 6.42 Å². The molecule has 0 amide bonds. The highest BCUT2D eigenvalue weighted by Gasteiger charge is 2.22. The van der Waals surface area contributed by atoms with E-state index in [0.717, 1.165) is 0 Å². The van der Waals surface area contributed by atoms with Gasteiger partial charge in [0.25, 0.3) is 0 Å². The molecule has 0 aromatic carbocycles. The first-order chi connectivity index (χ1) is 15.2. The Morgan fingerprint density at radius 1 is 0.647 bits per heavy atom. The van der Waals surface area contributed by atoms with Crippen molar-refractivity contribution < 1.29 is 38.1 Å². The molecule has 2 N–H and O–H groups in total. The van der Waals surface area contributed by atoms with Gasteiger partial charge in [-0.2, -0.15) is 0 Å². The molecule has 0 saturated carbocycles. The second-order valence-electron chi connectivity index (χ2n) is 10.7. The molecule has 0 spiro atoms. The standard InChI is InChI=1S/C13H24O4.C12H23NO4/c1-9(2)16-12(15)10(3)7-8-11(14)17-13(4,5)6;1-8(2)16-11(15)9(13)6-7-10(14)17-12(3,4)5/h9-10H,7-8H2,1-6H3;8-9H,6-7,13H2,1-5H3. The van der Waals surface area contributed by atoms with Gasteiger partial charge in [-0.1, -0.05) is 6.92 Å². The fourth-order valence-corrected chi connectivity index (χ4v) is 2.30. The van der Waals surface area contributed by atoms with E-state index in [1.54, 1.807) is 55.4 Å². The molecular formula is C25H47NO8. The molecule has 0 bridgehead atoms. The first kappa shape index (κ1) is 34.0. The van der Waals surface area contributed by atoms with Crippen molar-refractivity contribution in [3.63, 3.8) is 0 Å². The molecule has 0 aliphatic heterocycles. The lowest BCUT2D eigenvalue weighted by Crippen LogP contribution is -2.35. The van der Waals surface area contributed by atoms with E-state index in [-0.39, 0.29) is 55.3 Å². The number of hydrogen-bond acceptors (Lipinski definition) is 9. The van der Waals surface area contributed by atoms with Crippen LogP contribution in [-0.2, 0) is 38.1 Å². The van der Waals surface area contributed by atoms with Crippen molar-refractivity contribution in [3.8, 4) is 0 Å². The van der Waals surface area contributed by atoms with Gasteiger partial charge < -0.3 is 24.7 Å². The fraction of sp³-hybridized carbons (Fsp3) is 0.840. The van der Waals surface area contributed by atoms with Gasteiger partial charge in [0.15, 0.2) is 0 Å². The predicted octanol–water partition coefficient (Wildman–Crippen LogP) is 4.08. The number of hydrogen-bond donors (Lipinski definition) is 1. The molecule has 0 saturated heterocycles. The van der Waals surface area contributed by atoms with E-state index in [1.165, 1.54) is 0 Å². The van der Waals surface area contributed by atoms with Crippen LogP contribution in [0.1, 0.15) is 102 Å². The average Bonchev–Trinajstić information content (AvgIpc) is 2.60. The van der Waals surface area contributed by atoms with Crippen LogP contribution in [0.2, 0.25) is 0 Å². The maximum Gasteiger partial charge on any atom is 0.323 e. The molecule has 0 fully saturated rings. The smallest absolute Gasteiger partial charge is 0.323 e. The molecule has 0 radical (unpaired) electrons. The minimum atomic E-state index is -0.773. The normalized spacial score (nSPS) is 13.4. The summed E-state index contributed by atoms with van der Waals surface area (Å²) in [6, 6.07) is -0.773. The van der Waals surface area contributed by atoms with E-state index in [2.05, 4.69) is 0 Å². The maximum absolute atomic E-state index is 11.5. The van der Waals surface area contributed by atoms with Crippen molar-refractivity contribution in [2.45, 2.75) is 131 Å². The molecule has 2 atom stereocenters. The van der Waals surface area contributed by atoms with Gasteiger partial charge in [0.2, 0.25) is 0 Å². The minimum absolute atomic E-state index is 0.117. The van der Waals surface area contributed by atoms with Crippen molar-refractivity contribution in [1.82, 2.24) is 0 Å². The Balaban J connectivity index is 0. The molecule has 9 nitrogen and oxygen atoms in total. The van der Waals surface area contributed by atoms with Crippen LogP contribution in [0, 0.1) is 5.92 Å². The summed E-state index contributed by atoms with van der Waals surface area (Å²) in [4.78, 5) is 45.6. The number of carbonyl (C=O) groups excluding carboxylic acids is 4. The third-order valence-electron chi connectivity index (χ3n) is 3.69. The van der Waals surface area contributed by atoms with Crippen LogP contribution in [0.4, 0.5) is 0 Å². The van der Waals surface area contributed by atoms with Gasteiger partial charge in [0.1, 0.15) is 17.2 Å². The quantitative estimate of drug-likeness (QED) is 0.356. The molecule has 200 valence electrons. The first-order valence-electron chi connectivity index (χ1n) is 11.8. The van der Waals surface area contributed by atoms with Crippen LogP contribution >= 0.6 is 0 Å². The van der Waals surface area contributed by atoms with E-state index >= 15 is 0 Å². The summed E-state index contributed by atoms with van der Waals surface area (Å²) < 4.78 is 20.2. The van der Waals surface area contributed by atoms with Gasteiger partial charge in [-0.3, -0.25) is 19.2 Å². The molecule has 2 unspecified atom stereocenters. The van der Waals surface area contributed by atoms with Crippen LogP contribution in [0.3, 0.4) is 0 Å². The van der Waals surface area contributed by atoms with Crippen molar-refractivity contribution in [1.29, 1.82) is 0 Å². The predicted molar refractivity (Wildman–Crippen MR) is 130 cm³/mol. The summed E-state index contributed by atoms with van der Waals surface area (Å²) in [5, 5.41) is 0. The van der Waals surface area contributed by atoms with Crippen LogP contribution in [0.25, 0.3) is 0 Å². The molecule has 0 aliphatic carbocycles. The molecule has 34 heavy (non-hydrogen) atoms. The van der Waals surface area contributed by atoms with Crippen molar-refractivity contribution >= 4 is 23.9 Å². The highest BCUT2D eigenvalue weighted by atomic mass is 16.6. The lowest BCUT2D eigenvalue weighted by Gasteiger charge is -2.20. The second kappa shape index (κ2) is 15.7. The minimum Gasteiger partial charge on any atom is -0.463 e. The molecular weight excluding hydrogens is 442 g/mol. The number of rotatable bonds is 10. The molecule has 0 aromatic heterocycles. The molecule has 0 aliphatic rings. The maximum atomic E-state index is 11.5. The Kier molecular flexibility index (Phi) is 15.7. The first-order valence-corrected chi connectivity index (χ1v) is 11.8. The zero-order chi connectivity index (χ0) is 27.3. The van der Waals surface area contributed by atoms with Gasteiger partial charge in [-0.05, 0) is 82.1 Å². The summed E-state index contributed by atoms with van der Waals surface area (Å²) in [6.45, 7) is 19.7. The summed E-state index contributed by atoms with van der Waals surface area (Å²) in [6.07, 6.45) is 0.736. The van der Waals surface area contributed by atoms with Crippen LogP contribution in [-0.4, -0.2) is 53.3 Å². The summed E-state index contributed by atoms with van der Waals surface area (Å²) in [7, 11) is 0. The average molecular weight is 490 g/mol. The van der Waals surface area contributed by atoms with Crippen molar-refractivity contribution in [3.05, 3.63) is 0 Å². The number of nitrogens with two attached hydrogens (primary N) is 1. The van der Waals surface area contributed by atoms with Crippen LogP contribution < -0.4 is 5.73 Å². The Morgan fingerprint density at radius 3 is 1.35 bits per heavy atom. The lowest BCUT2D eigenvalue weighted by molar-refractivity contribution is -0.158. The SMILES string of the molecule is CC(C)OC(=O)C(C)CCC(=O)OC(C)(C)C.CC(C)OC(=O)C(N)CCC(=O)OC(C)(C)C. The third-order valence-corrected chi connectivity index (χ3v) is 3.69. The lowest BCUT2D eigenvalue weighted by atomic mass is 10.1. The van der Waals surface area contributed by atoms with Gasteiger partial charge in [-0.15, -0.1) is 0 Å². The summed E-state index contributed by atoms with van der Waals surface area (Å²) in [5.74, 6) is -1.65. The van der Waals surface area contributed by atoms with E-state index in [4.69, 9.17) is 24.7 Å². The van der Waals surface area contributed by atoms with Crippen LogP contribution in [0.15, 0.2) is 0 Å². The highest BCUT2D eigenvalue weighted by Crippen LogP contribution is 2.14. The molecule has 0 aromatic rings. The van der Waals surface area contributed by atoms with Crippen molar-refractivity contribution in [2.24, 2.45) is 11.7 Å². The van der Waals surface area contributed by atoms with E-state index in [1.807, 2.05) is 20.8 Å². The largest absolute Gasteiger partial charge is 0.463 e. The number of ether oxygens (including phenoxy) is 4. The Bertz CT molecular complexity index is 588. The zero-order valence-corrected chi connectivity index (χ0v) is 23.0. The monoisotopic (exact) mass is 489 g/mol. The van der Waals surface area contributed by atoms with Crippen LogP contribution in [0.5, 0.6) is 0 Å². The zero-order valence-electron chi connectivity index (χ0n) is 23.0. The summed E-state index contributed by atoms with van der Waals surface area (Å²) in [5.41, 5.74) is 4.61. The van der Waals surface area contributed by atoms with Gasteiger partial charge in [0, 0.05) is 12.8 Å². The number of esters is 4. The topological polar surface area (TPSA) is 131 Å². The van der Waals surface area contributed by atoms with E-state index < -0.39 is 23.2 Å². The second-order valence-corrected chi connectivity index (χ2v) is 10.7. The fourth-order valence-electron chi connectivity index (χ4n) is 2.30. The summed E-state index contributed by atoms with van der Waals surface area (Å²) >= 11 is 0.